The van der Waals surface area contributed by atoms with Gasteiger partial charge in [0.05, 0.1) is 13.0 Å². The number of carbonyl (C=O) groups excluding carboxylic acids is 1. The van der Waals surface area contributed by atoms with E-state index in [4.69, 9.17) is 9.47 Å². The Balaban J connectivity index is 2.17. The second kappa shape index (κ2) is 6.93. The number of methoxy groups -OCH3 is 1. The first-order valence-corrected chi connectivity index (χ1v) is 6.97. The van der Waals surface area contributed by atoms with Crippen LogP contribution in [0.5, 0.6) is 5.75 Å². The number of aryl methyl sites for hydroxylation is 1. The first-order valence-electron chi connectivity index (χ1n) is 6.97. The van der Waals surface area contributed by atoms with Crippen LogP contribution in [0, 0.1) is 6.92 Å². The Morgan fingerprint density at radius 3 is 2.48 bits per heavy atom. The van der Waals surface area contributed by atoms with E-state index in [1.165, 1.54) is 7.11 Å². The van der Waals surface area contributed by atoms with Crippen molar-refractivity contribution in [1.82, 2.24) is 0 Å². The predicted molar refractivity (Wildman–Crippen MR) is 82.4 cm³/mol. The molecule has 1 unspecified atom stereocenters. The summed E-state index contributed by atoms with van der Waals surface area (Å²) in [6, 6.07) is 15.7. The summed E-state index contributed by atoms with van der Waals surface area (Å²) >= 11 is 0. The summed E-state index contributed by atoms with van der Waals surface area (Å²) in [6.07, 6.45) is 0. The van der Waals surface area contributed by atoms with Crippen molar-refractivity contribution in [2.45, 2.75) is 26.4 Å². The normalized spacial score (nSPS) is 11.8. The van der Waals surface area contributed by atoms with Crippen LogP contribution >= 0.6 is 0 Å². The van der Waals surface area contributed by atoms with Crippen molar-refractivity contribution >= 4 is 5.97 Å². The fourth-order valence-corrected chi connectivity index (χ4v) is 2.27. The maximum Gasteiger partial charge on any atom is 0.312 e. The van der Waals surface area contributed by atoms with Crippen LogP contribution in [0.3, 0.4) is 0 Å². The van der Waals surface area contributed by atoms with Crippen LogP contribution in [0.1, 0.15) is 29.5 Å². The van der Waals surface area contributed by atoms with Crippen LogP contribution in [0.4, 0.5) is 0 Å². The van der Waals surface area contributed by atoms with E-state index in [0.29, 0.717) is 6.61 Å². The average Bonchev–Trinajstić information content (AvgIpc) is 2.53. The van der Waals surface area contributed by atoms with Gasteiger partial charge in [0.15, 0.2) is 0 Å². The maximum atomic E-state index is 11.7. The monoisotopic (exact) mass is 284 g/mol. The third-order valence-corrected chi connectivity index (χ3v) is 3.55. The van der Waals surface area contributed by atoms with Crippen molar-refractivity contribution in [3.8, 4) is 5.75 Å². The predicted octanol–water partition coefficient (Wildman–Crippen LogP) is 3.85. The van der Waals surface area contributed by atoms with Crippen molar-refractivity contribution in [1.29, 1.82) is 0 Å². The summed E-state index contributed by atoms with van der Waals surface area (Å²) in [4.78, 5) is 11.7. The van der Waals surface area contributed by atoms with E-state index in [9.17, 15) is 4.79 Å². The number of para-hydroxylation sites is 1. The van der Waals surface area contributed by atoms with Crippen LogP contribution < -0.4 is 4.74 Å². The van der Waals surface area contributed by atoms with Gasteiger partial charge in [-0.2, -0.15) is 0 Å². The summed E-state index contributed by atoms with van der Waals surface area (Å²) in [5.74, 6) is 0.322. The Kier molecular flexibility index (Phi) is 4.99. The second-order valence-electron chi connectivity index (χ2n) is 5.00. The minimum atomic E-state index is -0.299. The molecule has 0 aliphatic heterocycles. The number of benzene rings is 2. The highest BCUT2D eigenvalue weighted by atomic mass is 16.5. The number of hydrogen-bond donors (Lipinski definition) is 0. The molecule has 3 heteroatoms. The fraction of sp³-hybridized carbons (Fsp3) is 0.278. The third kappa shape index (κ3) is 3.63. The number of rotatable bonds is 5. The first kappa shape index (κ1) is 15.1. The molecule has 0 radical (unpaired) electrons. The zero-order chi connectivity index (χ0) is 15.2. The summed E-state index contributed by atoms with van der Waals surface area (Å²) in [6.45, 7) is 4.29. The van der Waals surface area contributed by atoms with Crippen LogP contribution in [0.2, 0.25) is 0 Å². The van der Waals surface area contributed by atoms with E-state index >= 15 is 0 Å². The smallest absolute Gasteiger partial charge is 0.312 e. The van der Waals surface area contributed by atoms with E-state index in [2.05, 4.69) is 0 Å². The molecule has 0 aromatic heterocycles. The second-order valence-corrected chi connectivity index (χ2v) is 5.00. The highest BCUT2D eigenvalue weighted by Crippen LogP contribution is 2.24. The SMILES string of the molecule is COC(=O)C(C)c1ccccc1COc1ccccc1C. The Morgan fingerprint density at radius 1 is 1.10 bits per heavy atom. The van der Waals surface area contributed by atoms with E-state index < -0.39 is 0 Å². The summed E-state index contributed by atoms with van der Waals surface area (Å²) in [7, 11) is 1.41. The van der Waals surface area contributed by atoms with Gasteiger partial charge < -0.3 is 9.47 Å². The van der Waals surface area contributed by atoms with Crippen LogP contribution in [0.25, 0.3) is 0 Å². The third-order valence-electron chi connectivity index (χ3n) is 3.55. The molecule has 0 aliphatic rings. The fourth-order valence-electron chi connectivity index (χ4n) is 2.27. The van der Waals surface area contributed by atoms with Crippen LogP contribution in [-0.2, 0) is 16.1 Å². The molecule has 0 N–H and O–H groups in total. The van der Waals surface area contributed by atoms with Crippen LogP contribution in [-0.4, -0.2) is 13.1 Å². The van der Waals surface area contributed by atoms with Gasteiger partial charge in [0.2, 0.25) is 0 Å². The van der Waals surface area contributed by atoms with E-state index in [1.807, 2.05) is 62.4 Å². The van der Waals surface area contributed by atoms with Crippen molar-refractivity contribution in [3.63, 3.8) is 0 Å². The Bertz CT molecular complexity index is 619. The molecular formula is C18H20O3. The van der Waals surface area contributed by atoms with Gasteiger partial charge in [0.25, 0.3) is 0 Å². The van der Waals surface area contributed by atoms with Crippen LogP contribution in [0.15, 0.2) is 48.5 Å². The van der Waals surface area contributed by atoms with E-state index in [1.54, 1.807) is 0 Å². The molecule has 0 spiro atoms. The highest BCUT2D eigenvalue weighted by Gasteiger charge is 2.18. The van der Waals surface area contributed by atoms with Gasteiger partial charge in [-0.15, -0.1) is 0 Å². The van der Waals surface area contributed by atoms with Crippen molar-refractivity contribution in [3.05, 3.63) is 65.2 Å². The number of hydrogen-bond acceptors (Lipinski definition) is 3. The molecule has 0 saturated heterocycles. The minimum absolute atomic E-state index is 0.238. The molecule has 0 saturated carbocycles. The van der Waals surface area contributed by atoms with Gasteiger partial charge in [-0.1, -0.05) is 42.5 Å². The van der Waals surface area contributed by atoms with E-state index in [-0.39, 0.29) is 11.9 Å². The standard InChI is InChI=1S/C18H20O3/c1-13-8-4-7-11-17(13)21-12-15-9-5-6-10-16(15)14(2)18(19)20-3/h4-11,14H,12H2,1-3H3. The summed E-state index contributed by atoms with van der Waals surface area (Å²) in [5, 5.41) is 0. The summed E-state index contributed by atoms with van der Waals surface area (Å²) < 4.78 is 10.7. The lowest BCUT2D eigenvalue weighted by molar-refractivity contribution is -0.142. The minimum Gasteiger partial charge on any atom is -0.489 e. The van der Waals surface area contributed by atoms with Crippen molar-refractivity contribution in [2.75, 3.05) is 7.11 Å². The molecule has 0 fully saturated rings. The Hall–Kier alpha value is -2.29. The quantitative estimate of drug-likeness (QED) is 0.782. The lowest BCUT2D eigenvalue weighted by Gasteiger charge is -2.16. The molecule has 3 nitrogen and oxygen atoms in total. The lowest BCUT2D eigenvalue weighted by Crippen LogP contribution is -2.13. The molecule has 1 atom stereocenters. The van der Waals surface area contributed by atoms with Gasteiger partial charge in [-0.05, 0) is 36.6 Å². The number of ether oxygens (including phenoxy) is 2. The number of esters is 1. The average molecular weight is 284 g/mol. The molecule has 0 heterocycles. The molecule has 2 aromatic rings. The summed E-state index contributed by atoms with van der Waals surface area (Å²) in [5.41, 5.74) is 3.03. The van der Waals surface area contributed by atoms with Gasteiger partial charge in [-0.25, -0.2) is 0 Å². The Morgan fingerprint density at radius 2 is 1.76 bits per heavy atom. The molecule has 0 bridgehead atoms. The van der Waals surface area contributed by atoms with Crippen molar-refractivity contribution < 1.29 is 14.3 Å². The zero-order valence-corrected chi connectivity index (χ0v) is 12.6. The topological polar surface area (TPSA) is 35.5 Å². The van der Waals surface area contributed by atoms with Gasteiger partial charge in [0.1, 0.15) is 12.4 Å². The lowest BCUT2D eigenvalue weighted by atomic mass is 9.96. The molecule has 2 rings (SSSR count). The highest BCUT2D eigenvalue weighted by molar-refractivity contribution is 5.78. The van der Waals surface area contributed by atoms with Gasteiger partial charge in [-0.3, -0.25) is 4.79 Å². The molecule has 21 heavy (non-hydrogen) atoms. The molecule has 0 amide bonds. The van der Waals surface area contributed by atoms with Crippen molar-refractivity contribution in [2.24, 2.45) is 0 Å². The largest absolute Gasteiger partial charge is 0.489 e. The zero-order valence-electron chi connectivity index (χ0n) is 12.6. The maximum absolute atomic E-state index is 11.7. The number of carbonyl (C=O) groups is 1. The molecular weight excluding hydrogens is 264 g/mol. The Labute approximate surface area is 125 Å². The molecule has 0 aliphatic carbocycles. The first-order chi connectivity index (χ1) is 10.1. The van der Waals surface area contributed by atoms with E-state index in [0.717, 1.165) is 22.4 Å². The molecule has 110 valence electrons. The van der Waals surface area contributed by atoms with Gasteiger partial charge >= 0.3 is 5.97 Å². The van der Waals surface area contributed by atoms with Gasteiger partial charge in [0, 0.05) is 0 Å². The molecule has 2 aromatic carbocycles.